The average molecular weight is 693 g/mol. The van der Waals surface area contributed by atoms with E-state index in [0.29, 0.717) is 0 Å². The molecule has 0 spiro atoms. The normalized spacial score (nSPS) is 12.9. The number of para-hydroxylation sites is 1. The Bertz CT molecular complexity index is 2830. The van der Waals surface area contributed by atoms with E-state index in [-0.39, 0.29) is 5.41 Å². The summed E-state index contributed by atoms with van der Waals surface area (Å²) in [6.07, 6.45) is 0. The molecule has 10 rings (SSSR count). The number of aromatic nitrogens is 1. The van der Waals surface area contributed by atoms with Gasteiger partial charge in [-0.2, -0.15) is 0 Å². The zero-order valence-electron chi connectivity index (χ0n) is 30.8. The average Bonchev–Trinajstić information content (AvgIpc) is 3.66. The summed E-state index contributed by atoms with van der Waals surface area (Å²) in [5.74, 6) is 0. The first kappa shape index (κ1) is 32.0. The molecule has 0 radical (unpaired) electrons. The number of rotatable bonds is 6. The number of benzene rings is 8. The molecule has 0 atom stereocenters. The minimum Gasteiger partial charge on any atom is -0.310 e. The molecule has 0 saturated heterocycles. The van der Waals surface area contributed by atoms with Crippen LogP contribution in [0.25, 0.3) is 60.9 Å². The van der Waals surface area contributed by atoms with Crippen LogP contribution in [0, 0.1) is 6.92 Å². The number of hydrogen-bond acceptors (Lipinski definition) is 1. The molecule has 1 aliphatic rings. The molecule has 0 aliphatic heterocycles. The number of fused-ring (bicyclic) bond motifs is 6. The van der Waals surface area contributed by atoms with E-state index in [1.54, 1.807) is 0 Å². The van der Waals surface area contributed by atoms with Gasteiger partial charge in [0.15, 0.2) is 0 Å². The molecule has 1 heterocycles. The van der Waals surface area contributed by atoms with E-state index >= 15 is 0 Å². The molecule has 0 saturated carbocycles. The van der Waals surface area contributed by atoms with Crippen molar-refractivity contribution in [1.82, 2.24) is 4.57 Å². The molecule has 0 N–H and O–H groups in total. The van der Waals surface area contributed by atoms with Crippen molar-refractivity contribution in [1.29, 1.82) is 0 Å². The van der Waals surface area contributed by atoms with Crippen molar-refractivity contribution in [3.63, 3.8) is 0 Å². The number of hydrogen-bond donors (Lipinski definition) is 0. The van der Waals surface area contributed by atoms with E-state index in [2.05, 4.69) is 218 Å². The fourth-order valence-corrected chi connectivity index (χ4v) is 8.69. The first-order valence-electron chi connectivity index (χ1n) is 18.8. The van der Waals surface area contributed by atoms with Crippen molar-refractivity contribution in [2.24, 2.45) is 0 Å². The lowest BCUT2D eigenvalue weighted by molar-refractivity contribution is 0.660. The predicted octanol–water partition coefficient (Wildman–Crippen LogP) is 14.2. The molecule has 258 valence electrons. The highest BCUT2D eigenvalue weighted by Crippen LogP contribution is 2.50. The molecule has 1 aromatic heterocycles. The Balaban J connectivity index is 1.10. The minimum atomic E-state index is -0.0363. The summed E-state index contributed by atoms with van der Waals surface area (Å²) in [6, 6.07) is 68.9. The van der Waals surface area contributed by atoms with Crippen molar-refractivity contribution in [2.45, 2.75) is 26.2 Å². The summed E-state index contributed by atoms with van der Waals surface area (Å²) in [7, 11) is 0. The summed E-state index contributed by atoms with van der Waals surface area (Å²) in [6.45, 7) is 6.87. The Morgan fingerprint density at radius 2 is 0.926 bits per heavy atom. The van der Waals surface area contributed by atoms with E-state index in [4.69, 9.17) is 0 Å². The summed E-state index contributed by atoms with van der Waals surface area (Å²) in [5.41, 5.74) is 18.5. The van der Waals surface area contributed by atoms with Crippen LogP contribution in [-0.4, -0.2) is 4.57 Å². The standard InChI is InChI=1S/C52H40N2/c1-35-18-30-50-46(32-35)47-34-43(28-31-51(47)54(50)40-14-8-5-9-15-40)53(41-24-19-37(20-25-41)36-12-6-4-7-13-36)42-26-21-38(22-27-42)39-23-29-45-44-16-10-11-17-48(44)52(2,3)49(45)33-39/h4-34H,1-3H3. The predicted molar refractivity (Wildman–Crippen MR) is 229 cm³/mol. The molecule has 8 aromatic carbocycles. The van der Waals surface area contributed by atoms with Crippen LogP contribution >= 0.6 is 0 Å². The van der Waals surface area contributed by atoms with Crippen LogP contribution in [0.1, 0.15) is 30.5 Å². The Morgan fingerprint density at radius 1 is 0.407 bits per heavy atom. The molecular weight excluding hydrogens is 653 g/mol. The van der Waals surface area contributed by atoms with Crippen LogP contribution in [0.15, 0.2) is 188 Å². The summed E-state index contributed by atoms with van der Waals surface area (Å²) in [5, 5.41) is 2.49. The Hall–Kier alpha value is -6.64. The molecule has 54 heavy (non-hydrogen) atoms. The third-order valence-corrected chi connectivity index (χ3v) is 11.5. The monoisotopic (exact) mass is 692 g/mol. The van der Waals surface area contributed by atoms with Crippen molar-refractivity contribution in [3.05, 3.63) is 205 Å². The largest absolute Gasteiger partial charge is 0.310 e. The van der Waals surface area contributed by atoms with Crippen molar-refractivity contribution in [2.75, 3.05) is 4.90 Å². The van der Waals surface area contributed by atoms with Crippen LogP contribution in [0.4, 0.5) is 17.1 Å². The van der Waals surface area contributed by atoms with Crippen LogP contribution in [-0.2, 0) is 5.41 Å². The highest BCUT2D eigenvalue weighted by molar-refractivity contribution is 6.11. The molecule has 0 bridgehead atoms. The second-order valence-corrected chi connectivity index (χ2v) is 15.1. The van der Waals surface area contributed by atoms with Gasteiger partial charge in [-0.15, -0.1) is 0 Å². The van der Waals surface area contributed by atoms with Gasteiger partial charge in [-0.25, -0.2) is 0 Å². The van der Waals surface area contributed by atoms with Gasteiger partial charge in [-0.3, -0.25) is 0 Å². The highest BCUT2D eigenvalue weighted by atomic mass is 15.1. The lowest BCUT2D eigenvalue weighted by Crippen LogP contribution is -2.14. The maximum Gasteiger partial charge on any atom is 0.0542 e. The molecule has 9 aromatic rings. The Labute approximate surface area is 317 Å². The third-order valence-electron chi connectivity index (χ3n) is 11.5. The smallest absolute Gasteiger partial charge is 0.0542 e. The quantitative estimate of drug-likeness (QED) is 0.168. The van der Waals surface area contributed by atoms with Crippen LogP contribution in [0.5, 0.6) is 0 Å². The molecule has 0 unspecified atom stereocenters. The molecule has 2 nitrogen and oxygen atoms in total. The molecule has 0 fully saturated rings. The van der Waals surface area contributed by atoms with Gasteiger partial charge in [0.2, 0.25) is 0 Å². The Morgan fingerprint density at radius 3 is 1.63 bits per heavy atom. The van der Waals surface area contributed by atoms with Crippen molar-refractivity contribution in [3.8, 4) is 39.1 Å². The van der Waals surface area contributed by atoms with E-state index in [0.717, 1.165) is 22.7 Å². The minimum absolute atomic E-state index is 0.0363. The zero-order chi connectivity index (χ0) is 36.4. The van der Waals surface area contributed by atoms with Gasteiger partial charge in [-0.1, -0.05) is 135 Å². The molecule has 2 heteroatoms. The molecule has 0 amide bonds. The SMILES string of the molecule is Cc1ccc2c(c1)c1cc(N(c3ccc(-c4ccccc4)cc3)c3ccc(-c4ccc5c(c4)C(C)(C)c4ccccc4-5)cc3)ccc1n2-c1ccccc1. The first-order chi connectivity index (χ1) is 26.4. The summed E-state index contributed by atoms with van der Waals surface area (Å²) >= 11 is 0. The lowest BCUT2D eigenvalue weighted by atomic mass is 9.81. The van der Waals surface area contributed by atoms with Crippen LogP contribution in [0.2, 0.25) is 0 Å². The van der Waals surface area contributed by atoms with Gasteiger partial charge in [0.25, 0.3) is 0 Å². The number of anilines is 3. The van der Waals surface area contributed by atoms with Crippen LogP contribution < -0.4 is 4.90 Å². The van der Waals surface area contributed by atoms with Gasteiger partial charge in [0.05, 0.1) is 11.0 Å². The van der Waals surface area contributed by atoms with Crippen LogP contribution in [0.3, 0.4) is 0 Å². The summed E-state index contributed by atoms with van der Waals surface area (Å²) in [4.78, 5) is 2.39. The molecule has 1 aliphatic carbocycles. The lowest BCUT2D eigenvalue weighted by Gasteiger charge is -2.26. The topological polar surface area (TPSA) is 8.17 Å². The van der Waals surface area contributed by atoms with Crippen molar-refractivity contribution < 1.29 is 0 Å². The zero-order valence-corrected chi connectivity index (χ0v) is 30.8. The maximum atomic E-state index is 2.41. The van der Waals surface area contributed by atoms with Crippen molar-refractivity contribution >= 4 is 38.9 Å². The highest BCUT2D eigenvalue weighted by Gasteiger charge is 2.35. The van der Waals surface area contributed by atoms with E-state index in [9.17, 15) is 0 Å². The Kier molecular flexibility index (Phi) is 7.42. The molecular formula is C52H40N2. The van der Waals surface area contributed by atoms with Gasteiger partial charge in [0, 0.05) is 38.9 Å². The van der Waals surface area contributed by atoms with Gasteiger partial charge >= 0.3 is 0 Å². The number of aryl methyl sites for hydroxylation is 1. The van der Waals surface area contributed by atoms with Gasteiger partial charge in [-0.05, 0) is 124 Å². The van der Waals surface area contributed by atoms with Gasteiger partial charge in [0.1, 0.15) is 0 Å². The second kappa shape index (κ2) is 12.5. The second-order valence-electron chi connectivity index (χ2n) is 15.1. The fraction of sp³-hybridized carbons (Fsp3) is 0.0769. The number of nitrogens with zero attached hydrogens (tertiary/aromatic N) is 2. The summed E-state index contributed by atoms with van der Waals surface area (Å²) < 4.78 is 2.39. The maximum absolute atomic E-state index is 2.41. The third kappa shape index (κ3) is 5.17. The van der Waals surface area contributed by atoms with E-state index in [1.165, 1.54) is 71.9 Å². The van der Waals surface area contributed by atoms with Gasteiger partial charge < -0.3 is 9.47 Å². The first-order valence-corrected chi connectivity index (χ1v) is 18.8. The van der Waals surface area contributed by atoms with E-state index < -0.39 is 0 Å². The fourth-order valence-electron chi connectivity index (χ4n) is 8.69. The van der Waals surface area contributed by atoms with E-state index in [1.807, 2.05) is 0 Å².